The fraction of sp³-hybridized carbons (Fsp3) is 0.273. The highest BCUT2D eigenvalue weighted by molar-refractivity contribution is 6.02. The molecule has 0 radical (unpaired) electrons. The smallest absolute Gasteiger partial charge is 0.309 e. The molecule has 1 fully saturated rings. The molecule has 2 aromatic heterocycles. The molecule has 0 spiro atoms. The molecule has 1 saturated heterocycles. The van der Waals surface area contributed by atoms with E-state index in [2.05, 4.69) is 63.8 Å². The summed E-state index contributed by atoms with van der Waals surface area (Å²) in [7, 11) is 1.77. The summed E-state index contributed by atoms with van der Waals surface area (Å²) in [4.78, 5) is 19.5. The molecule has 0 amide bonds. The number of benzene rings is 2. The van der Waals surface area contributed by atoms with Crippen LogP contribution in [0.15, 0.2) is 59.5 Å². The number of fused-ring (bicyclic) bond motifs is 3. The largest absolute Gasteiger partial charge is 0.326 e. The molecule has 2 N–H and O–H groups in total. The molecule has 1 aliphatic heterocycles. The van der Waals surface area contributed by atoms with Crippen molar-refractivity contribution in [2.45, 2.75) is 24.8 Å². The molecule has 2 unspecified atom stereocenters. The minimum absolute atomic E-state index is 0.102. The van der Waals surface area contributed by atoms with Crippen LogP contribution in [0.3, 0.4) is 0 Å². The van der Waals surface area contributed by atoms with Crippen LogP contribution in [0, 0.1) is 0 Å². The summed E-state index contributed by atoms with van der Waals surface area (Å²) in [6.07, 6.45) is 4.03. The van der Waals surface area contributed by atoms with E-state index in [0.29, 0.717) is 12.0 Å². The fourth-order valence-electron chi connectivity index (χ4n) is 4.25. The van der Waals surface area contributed by atoms with Crippen molar-refractivity contribution in [3.05, 3.63) is 76.3 Å². The van der Waals surface area contributed by atoms with Crippen LogP contribution in [0.4, 0.5) is 0 Å². The van der Waals surface area contributed by atoms with Gasteiger partial charge in [0.05, 0.1) is 22.7 Å². The Kier molecular flexibility index (Phi) is 3.83. The van der Waals surface area contributed by atoms with Gasteiger partial charge < -0.3 is 10.3 Å². The molecule has 27 heavy (non-hydrogen) atoms. The average molecular weight is 358 g/mol. The summed E-state index contributed by atoms with van der Waals surface area (Å²) in [6, 6.07) is 17.5. The number of rotatable bonds is 2. The van der Waals surface area contributed by atoms with Crippen LogP contribution in [0.5, 0.6) is 0 Å². The number of aromatic amines is 1. The minimum atomic E-state index is -0.102. The Labute approximate surface area is 157 Å². The van der Waals surface area contributed by atoms with Gasteiger partial charge in [0, 0.05) is 25.0 Å². The summed E-state index contributed by atoms with van der Waals surface area (Å²) in [5, 5.41) is 4.73. The van der Waals surface area contributed by atoms with Gasteiger partial charge in [-0.15, -0.1) is 0 Å². The van der Waals surface area contributed by atoms with Crippen molar-refractivity contribution in [1.29, 1.82) is 0 Å². The highest BCUT2D eigenvalue weighted by atomic mass is 16.1. The van der Waals surface area contributed by atoms with E-state index in [4.69, 9.17) is 0 Å². The van der Waals surface area contributed by atoms with Crippen LogP contribution in [-0.4, -0.2) is 21.1 Å². The lowest BCUT2D eigenvalue weighted by molar-refractivity contribution is 0.374. The van der Waals surface area contributed by atoms with Crippen LogP contribution in [-0.2, 0) is 7.05 Å². The van der Waals surface area contributed by atoms with Crippen LogP contribution in [0.2, 0.25) is 0 Å². The van der Waals surface area contributed by atoms with E-state index in [1.165, 1.54) is 11.1 Å². The molecule has 136 valence electrons. The number of aromatic nitrogens is 3. The fourth-order valence-corrected chi connectivity index (χ4v) is 4.25. The summed E-state index contributed by atoms with van der Waals surface area (Å²) in [5.41, 5.74) is 5.20. The number of H-pyrrole nitrogens is 1. The van der Waals surface area contributed by atoms with Gasteiger partial charge in [-0.05, 0) is 42.0 Å². The molecule has 2 aromatic carbocycles. The molecule has 5 nitrogen and oxygen atoms in total. The molecule has 0 aliphatic carbocycles. The van der Waals surface area contributed by atoms with Crippen molar-refractivity contribution in [3.63, 3.8) is 0 Å². The van der Waals surface area contributed by atoms with Crippen molar-refractivity contribution >= 4 is 21.9 Å². The van der Waals surface area contributed by atoms with E-state index >= 15 is 0 Å². The highest BCUT2D eigenvalue weighted by Gasteiger charge is 2.23. The first kappa shape index (κ1) is 16.3. The van der Waals surface area contributed by atoms with E-state index in [9.17, 15) is 4.79 Å². The number of aryl methyl sites for hydroxylation is 1. The lowest BCUT2D eigenvalue weighted by Crippen LogP contribution is -2.32. The van der Waals surface area contributed by atoms with Crippen LogP contribution < -0.4 is 11.0 Å². The number of pyridine rings is 1. The summed E-state index contributed by atoms with van der Waals surface area (Å²) in [6.45, 7) is 0.958. The summed E-state index contributed by atoms with van der Waals surface area (Å²) in [5.74, 6) is 0.472. The number of nitrogens with zero attached hydrogens (tertiary/aromatic N) is 2. The number of imidazole rings is 1. The van der Waals surface area contributed by atoms with Gasteiger partial charge in [0.1, 0.15) is 0 Å². The van der Waals surface area contributed by atoms with E-state index in [1.807, 2.05) is 0 Å². The average Bonchev–Trinajstić information content (AvgIpc) is 3.03. The second kappa shape index (κ2) is 6.35. The quantitative estimate of drug-likeness (QED) is 0.575. The number of piperidine rings is 1. The van der Waals surface area contributed by atoms with Crippen LogP contribution >= 0.6 is 0 Å². The van der Waals surface area contributed by atoms with Gasteiger partial charge in [-0.2, -0.15) is 0 Å². The first-order valence-electron chi connectivity index (χ1n) is 9.46. The number of hydrogen-bond donors (Lipinski definition) is 2. The second-order valence-electron chi connectivity index (χ2n) is 7.43. The molecule has 0 saturated carbocycles. The number of nitrogens with one attached hydrogen (secondary N) is 2. The Hall–Kier alpha value is -2.92. The monoisotopic (exact) mass is 358 g/mol. The Bertz CT molecular complexity index is 1170. The topological polar surface area (TPSA) is 62.7 Å². The molecular weight excluding hydrogens is 336 g/mol. The van der Waals surface area contributed by atoms with Crippen molar-refractivity contribution in [2.24, 2.45) is 7.05 Å². The molecular formula is C22H22N4O. The molecule has 4 aromatic rings. The summed E-state index contributed by atoms with van der Waals surface area (Å²) >= 11 is 0. The zero-order valence-electron chi connectivity index (χ0n) is 15.3. The van der Waals surface area contributed by atoms with Crippen molar-refractivity contribution in [2.75, 3.05) is 6.54 Å². The predicted octanol–water partition coefficient (Wildman–Crippen LogP) is 3.62. The number of hydrogen-bond acceptors (Lipinski definition) is 3. The van der Waals surface area contributed by atoms with Gasteiger partial charge in [-0.1, -0.05) is 36.4 Å². The van der Waals surface area contributed by atoms with E-state index in [0.717, 1.165) is 41.3 Å². The lowest BCUT2D eigenvalue weighted by Gasteiger charge is -2.30. The zero-order valence-corrected chi connectivity index (χ0v) is 15.3. The minimum Gasteiger partial charge on any atom is -0.309 e. The van der Waals surface area contributed by atoms with E-state index < -0.39 is 0 Å². The van der Waals surface area contributed by atoms with Gasteiger partial charge in [0.2, 0.25) is 0 Å². The Balaban J connectivity index is 1.46. The van der Waals surface area contributed by atoms with Crippen LogP contribution in [0.1, 0.15) is 35.9 Å². The molecule has 5 heteroatoms. The normalized spacial score (nSPS) is 20.3. The second-order valence-corrected chi connectivity index (χ2v) is 7.43. The van der Waals surface area contributed by atoms with Crippen molar-refractivity contribution in [3.8, 4) is 0 Å². The third-order valence-electron chi connectivity index (χ3n) is 5.86. The lowest BCUT2D eigenvalue weighted by atomic mass is 9.86. The highest BCUT2D eigenvalue weighted by Crippen LogP contribution is 2.33. The van der Waals surface area contributed by atoms with Gasteiger partial charge >= 0.3 is 5.69 Å². The van der Waals surface area contributed by atoms with Crippen molar-refractivity contribution < 1.29 is 0 Å². The predicted molar refractivity (Wildman–Crippen MR) is 108 cm³/mol. The zero-order chi connectivity index (χ0) is 18.4. The van der Waals surface area contributed by atoms with Gasteiger partial charge in [0.25, 0.3) is 0 Å². The van der Waals surface area contributed by atoms with Gasteiger partial charge in [-0.25, -0.2) is 4.79 Å². The Morgan fingerprint density at radius 3 is 2.70 bits per heavy atom. The Morgan fingerprint density at radius 1 is 1.07 bits per heavy atom. The standard InChI is InChI=1S/C22H22N4O/c1-26-20-13-24-19-10-7-15(11-17(19)21(20)25-22(26)27)16-8-9-18(23-12-16)14-5-3-2-4-6-14/h2-7,10-11,13,16,18,23H,8-9,12H2,1H3,(H,25,27). The molecule has 5 rings (SSSR count). The summed E-state index contributed by atoms with van der Waals surface area (Å²) < 4.78 is 1.61. The van der Waals surface area contributed by atoms with Crippen LogP contribution in [0.25, 0.3) is 21.9 Å². The third-order valence-corrected chi connectivity index (χ3v) is 5.86. The first-order chi connectivity index (χ1) is 13.2. The van der Waals surface area contributed by atoms with Crippen molar-refractivity contribution in [1.82, 2.24) is 19.9 Å². The van der Waals surface area contributed by atoms with Gasteiger partial charge in [0.15, 0.2) is 0 Å². The van der Waals surface area contributed by atoms with E-state index in [1.54, 1.807) is 17.8 Å². The maximum Gasteiger partial charge on any atom is 0.326 e. The maximum absolute atomic E-state index is 12.0. The van der Waals surface area contributed by atoms with E-state index in [-0.39, 0.29) is 5.69 Å². The SMILES string of the molecule is Cn1c(=O)[nH]c2c3cc(C4CCC(c5ccccc5)NC4)ccc3ncc21. The molecule has 2 atom stereocenters. The van der Waals surface area contributed by atoms with Gasteiger partial charge in [-0.3, -0.25) is 9.55 Å². The molecule has 0 bridgehead atoms. The Morgan fingerprint density at radius 2 is 1.93 bits per heavy atom. The maximum atomic E-state index is 12.0. The first-order valence-corrected chi connectivity index (χ1v) is 9.46. The third kappa shape index (κ3) is 2.75. The molecule has 1 aliphatic rings. The molecule has 3 heterocycles.